The van der Waals surface area contributed by atoms with Gasteiger partial charge in [0.25, 0.3) is 5.91 Å². The van der Waals surface area contributed by atoms with E-state index in [1.165, 1.54) is 28.4 Å². The lowest BCUT2D eigenvalue weighted by atomic mass is 10.2. The minimum atomic E-state index is -0.969. The number of amides is 1. The second-order valence-electron chi connectivity index (χ2n) is 4.79. The van der Waals surface area contributed by atoms with Crippen molar-refractivity contribution < 1.29 is 19.1 Å². The summed E-state index contributed by atoms with van der Waals surface area (Å²) in [5, 5.41) is 9.79. The van der Waals surface area contributed by atoms with Crippen molar-refractivity contribution in [1.82, 2.24) is 4.90 Å². The first-order chi connectivity index (χ1) is 9.56. The van der Waals surface area contributed by atoms with E-state index in [4.69, 9.17) is 5.11 Å². The van der Waals surface area contributed by atoms with Crippen LogP contribution in [0.4, 0.5) is 4.39 Å². The van der Waals surface area contributed by atoms with Crippen molar-refractivity contribution in [3.63, 3.8) is 0 Å². The van der Waals surface area contributed by atoms with Gasteiger partial charge < -0.3 is 10.0 Å². The highest BCUT2D eigenvalue weighted by molar-refractivity contribution is 7.20. The quantitative estimate of drug-likeness (QED) is 0.926. The summed E-state index contributed by atoms with van der Waals surface area (Å²) in [6.07, 6.45) is 1.18. The first-order valence-corrected chi connectivity index (χ1v) is 7.11. The Kier molecular flexibility index (Phi) is 3.17. The van der Waals surface area contributed by atoms with Crippen molar-refractivity contribution >= 4 is 33.3 Å². The Morgan fingerprint density at radius 2 is 2.15 bits per heavy atom. The highest BCUT2D eigenvalue weighted by Gasteiger charge is 2.34. The van der Waals surface area contributed by atoms with E-state index in [1.807, 2.05) is 0 Å². The third kappa shape index (κ3) is 2.16. The first-order valence-electron chi connectivity index (χ1n) is 6.29. The van der Waals surface area contributed by atoms with Crippen LogP contribution in [0.15, 0.2) is 24.3 Å². The predicted octanol–water partition coefficient (Wildman–Crippen LogP) is 2.73. The van der Waals surface area contributed by atoms with Gasteiger partial charge in [0.05, 0.1) is 4.88 Å². The summed E-state index contributed by atoms with van der Waals surface area (Å²) in [6.45, 7) is 0.457. The number of nitrogens with zero attached hydrogens (tertiary/aromatic N) is 1. The highest BCUT2D eigenvalue weighted by atomic mass is 32.1. The maximum Gasteiger partial charge on any atom is 0.326 e. The van der Waals surface area contributed by atoms with E-state index in [1.54, 1.807) is 12.1 Å². The van der Waals surface area contributed by atoms with Crippen molar-refractivity contribution in [2.75, 3.05) is 6.54 Å². The van der Waals surface area contributed by atoms with Crippen molar-refractivity contribution in [2.24, 2.45) is 0 Å². The molecule has 6 heteroatoms. The minimum absolute atomic E-state index is 0.281. The molecule has 0 spiro atoms. The van der Waals surface area contributed by atoms with Gasteiger partial charge in [0.2, 0.25) is 0 Å². The lowest BCUT2D eigenvalue weighted by Gasteiger charge is -2.20. The first kappa shape index (κ1) is 13.1. The molecule has 1 aliphatic rings. The summed E-state index contributed by atoms with van der Waals surface area (Å²) in [4.78, 5) is 25.4. The molecule has 0 radical (unpaired) electrons. The maximum atomic E-state index is 13.1. The zero-order valence-electron chi connectivity index (χ0n) is 10.5. The van der Waals surface area contributed by atoms with Crippen LogP contribution in [0.2, 0.25) is 0 Å². The number of aliphatic carboxylic acids is 1. The minimum Gasteiger partial charge on any atom is -0.480 e. The Labute approximate surface area is 118 Å². The number of thiophene rings is 1. The Bertz CT molecular complexity index is 697. The number of benzene rings is 1. The third-order valence-electron chi connectivity index (χ3n) is 3.49. The van der Waals surface area contributed by atoms with Gasteiger partial charge in [0.1, 0.15) is 11.9 Å². The normalized spacial score (nSPS) is 18.6. The molecule has 0 unspecified atom stereocenters. The van der Waals surface area contributed by atoms with Crippen LogP contribution >= 0.6 is 11.3 Å². The van der Waals surface area contributed by atoms with E-state index < -0.39 is 12.0 Å². The molecule has 20 heavy (non-hydrogen) atoms. The van der Waals surface area contributed by atoms with Gasteiger partial charge in [-0.1, -0.05) is 0 Å². The lowest BCUT2D eigenvalue weighted by molar-refractivity contribution is -0.141. The molecule has 4 nitrogen and oxygen atoms in total. The molecule has 1 fully saturated rings. The second-order valence-corrected chi connectivity index (χ2v) is 5.87. The number of hydrogen-bond donors (Lipinski definition) is 1. The monoisotopic (exact) mass is 293 g/mol. The standard InChI is InChI=1S/C14H12FNO3S/c15-9-3-4-11-8(6-9)7-12(20-11)13(17)16-5-1-2-10(16)14(18)19/h3-4,6-7,10H,1-2,5H2,(H,18,19)/t10-/m0/s1. The molecule has 1 aromatic heterocycles. The Morgan fingerprint density at radius 3 is 2.90 bits per heavy atom. The number of carboxylic acids is 1. The number of carbonyl (C=O) groups is 2. The van der Waals surface area contributed by atoms with Gasteiger partial charge in [0, 0.05) is 11.2 Å². The number of carboxylic acid groups (broad SMARTS) is 1. The van der Waals surface area contributed by atoms with E-state index in [-0.39, 0.29) is 11.7 Å². The summed E-state index contributed by atoms with van der Waals surface area (Å²) < 4.78 is 14.0. The molecule has 0 bridgehead atoms. The summed E-state index contributed by atoms with van der Waals surface area (Å²) in [7, 11) is 0. The topological polar surface area (TPSA) is 57.6 Å². The molecule has 1 aliphatic heterocycles. The molecule has 1 aromatic carbocycles. The van der Waals surface area contributed by atoms with Crippen LogP contribution < -0.4 is 0 Å². The van der Waals surface area contributed by atoms with Crippen LogP contribution in [0.1, 0.15) is 22.5 Å². The molecule has 1 amide bonds. The maximum absolute atomic E-state index is 13.1. The Balaban J connectivity index is 1.94. The number of carbonyl (C=O) groups excluding carboxylic acids is 1. The molecule has 2 heterocycles. The fraction of sp³-hybridized carbons (Fsp3) is 0.286. The number of rotatable bonds is 2. The van der Waals surface area contributed by atoms with Crippen molar-refractivity contribution in [3.8, 4) is 0 Å². The molecule has 0 aliphatic carbocycles. The summed E-state index contributed by atoms with van der Waals surface area (Å²) in [5.74, 6) is -1.60. The molecule has 0 saturated carbocycles. The van der Waals surface area contributed by atoms with E-state index in [0.717, 1.165) is 4.70 Å². The molecule has 2 aromatic rings. The highest BCUT2D eigenvalue weighted by Crippen LogP contribution is 2.29. The molecular weight excluding hydrogens is 281 g/mol. The van der Waals surface area contributed by atoms with Crippen molar-refractivity contribution in [2.45, 2.75) is 18.9 Å². The van der Waals surface area contributed by atoms with Gasteiger partial charge in [-0.05, 0) is 42.5 Å². The number of likely N-dealkylation sites (tertiary alicyclic amines) is 1. The van der Waals surface area contributed by atoms with E-state index in [0.29, 0.717) is 29.6 Å². The van der Waals surface area contributed by atoms with E-state index in [9.17, 15) is 14.0 Å². The molecule has 1 saturated heterocycles. The predicted molar refractivity (Wildman–Crippen MR) is 73.5 cm³/mol. The van der Waals surface area contributed by atoms with Gasteiger partial charge >= 0.3 is 5.97 Å². The SMILES string of the molecule is O=C(O)[C@@H]1CCCN1C(=O)c1cc2cc(F)ccc2s1. The molecule has 1 atom stereocenters. The van der Waals surface area contributed by atoms with Crippen LogP contribution in [0.5, 0.6) is 0 Å². The fourth-order valence-corrected chi connectivity index (χ4v) is 3.53. The van der Waals surface area contributed by atoms with Gasteiger partial charge in [-0.2, -0.15) is 0 Å². The molecule has 3 rings (SSSR count). The number of fused-ring (bicyclic) bond motifs is 1. The van der Waals surface area contributed by atoms with Gasteiger partial charge in [0.15, 0.2) is 0 Å². The van der Waals surface area contributed by atoms with E-state index in [2.05, 4.69) is 0 Å². The smallest absolute Gasteiger partial charge is 0.326 e. The fourth-order valence-electron chi connectivity index (χ4n) is 2.53. The van der Waals surface area contributed by atoms with Crippen molar-refractivity contribution in [1.29, 1.82) is 0 Å². The zero-order chi connectivity index (χ0) is 14.3. The summed E-state index contributed by atoms with van der Waals surface area (Å²) in [5.41, 5.74) is 0. The van der Waals surface area contributed by atoms with Crippen LogP contribution in [0.25, 0.3) is 10.1 Å². The zero-order valence-corrected chi connectivity index (χ0v) is 11.3. The number of hydrogen-bond acceptors (Lipinski definition) is 3. The molecule has 1 N–H and O–H groups in total. The Morgan fingerprint density at radius 1 is 1.35 bits per heavy atom. The largest absolute Gasteiger partial charge is 0.480 e. The third-order valence-corrected chi connectivity index (χ3v) is 4.59. The van der Waals surface area contributed by atoms with Crippen LogP contribution in [0.3, 0.4) is 0 Å². The van der Waals surface area contributed by atoms with Crippen LogP contribution in [0, 0.1) is 5.82 Å². The number of halogens is 1. The molecular formula is C14H12FNO3S. The average Bonchev–Trinajstić information content (AvgIpc) is 3.03. The van der Waals surface area contributed by atoms with Crippen molar-refractivity contribution in [3.05, 3.63) is 35.0 Å². The van der Waals surface area contributed by atoms with Gasteiger partial charge in [-0.25, -0.2) is 9.18 Å². The lowest BCUT2D eigenvalue weighted by Crippen LogP contribution is -2.40. The molecule has 104 valence electrons. The van der Waals surface area contributed by atoms with Crippen LogP contribution in [-0.4, -0.2) is 34.5 Å². The van der Waals surface area contributed by atoms with Gasteiger partial charge in [-0.3, -0.25) is 4.79 Å². The summed E-state index contributed by atoms with van der Waals surface area (Å²) >= 11 is 1.26. The summed E-state index contributed by atoms with van der Waals surface area (Å²) in [6, 6.07) is 5.24. The van der Waals surface area contributed by atoms with Crippen LogP contribution in [-0.2, 0) is 4.79 Å². The van der Waals surface area contributed by atoms with E-state index >= 15 is 0 Å². The second kappa shape index (κ2) is 4.86. The Hall–Kier alpha value is -1.95. The van der Waals surface area contributed by atoms with Gasteiger partial charge in [-0.15, -0.1) is 11.3 Å². The average molecular weight is 293 g/mol.